The minimum atomic E-state index is -0.829. The predicted molar refractivity (Wildman–Crippen MR) is 128 cm³/mol. The van der Waals surface area contributed by atoms with Crippen LogP contribution in [0.15, 0.2) is 53.2 Å². The van der Waals surface area contributed by atoms with Gasteiger partial charge < -0.3 is 19.3 Å². The van der Waals surface area contributed by atoms with Crippen molar-refractivity contribution in [3.63, 3.8) is 0 Å². The molecule has 0 unspecified atom stereocenters. The average Bonchev–Trinajstić information content (AvgIpc) is 3.54. The SMILES string of the molecule is COCc1cc(-c2nnc3c4ccccc4c(OCc4ccc(C(=O)NC5CC(F)C5)cn4)nn23)no1. The van der Waals surface area contributed by atoms with Crippen molar-refractivity contribution in [2.24, 2.45) is 0 Å². The summed E-state index contributed by atoms with van der Waals surface area (Å²) in [4.78, 5) is 16.7. The zero-order valence-electron chi connectivity index (χ0n) is 19.8. The van der Waals surface area contributed by atoms with E-state index < -0.39 is 6.17 Å². The lowest BCUT2D eigenvalue weighted by Gasteiger charge is -2.30. The number of amides is 1. The molecule has 6 rings (SSSR count). The fourth-order valence-corrected chi connectivity index (χ4v) is 4.17. The lowest BCUT2D eigenvalue weighted by molar-refractivity contribution is 0.0860. The van der Waals surface area contributed by atoms with E-state index >= 15 is 0 Å². The molecule has 0 saturated heterocycles. The Morgan fingerprint density at radius 3 is 2.76 bits per heavy atom. The van der Waals surface area contributed by atoms with Crippen LogP contribution in [-0.2, 0) is 18.0 Å². The summed E-state index contributed by atoms with van der Waals surface area (Å²) in [5.41, 5.74) is 2.03. The molecule has 4 aromatic heterocycles. The Balaban J connectivity index is 1.25. The topological polar surface area (TPSA) is 130 Å². The first-order valence-corrected chi connectivity index (χ1v) is 11.7. The van der Waals surface area contributed by atoms with Crippen LogP contribution in [0.3, 0.4) is 0 Å². The molecule has 4 heterocycles. The highest BCUT2D eigenvalue weighted by Gasteiger charge is 2.30. The van der Waals surface area contributed by atoms with Crippen LogP contribution in [0.25, 0.3) is 27.9 Å². The molecule has 12 heteroatoms. The van der Waals surface area contributed by atoms with Crippen molar-refractivity contribution < 1.29 is 23.2 Å². The van der Waals surface area contributed by atoms with E-state index in [1.54, 1.807) is 29.8 Å². The number of nitrogens with zero attached hydrogens (tertiary/aromatic N) is 6. The van der Waals surface area contributed by atoms with Gasteiger partial charge in [0.2, 0.25) is 11.7 Å². The molecule has 1 N–H and O–H groups in total. The minimum Gasteiger partial charge on any atom is -0.470 e. The monoisotopic (exact) mass is 503 g/mol. The number of halogens is 1. The molecule has 0 aliphatic heterocycles. The molecule has 37 heavy (non-hydrogen) atoms. The highest BCUT2D eigenvalue weighted by Crippen LogP contribution is 2.29. The van der Waals surface area contributed by atoms with Gasteiger partial charge in [-0.2, -0.15) is 4.52 Å². The molecule has 0 bridgehead atoms. The van der Waals surface area contributed by atoms with Crippen LogP contribution >= 0.6 is 0 Å². The number of carbonyl (C=O) groups is 1. The third-order valence-electron chi connectivity index (χ3n) is 6.16. The average molecular weight is 503 g/mol. The van der Waals surface area contributed by atoms with E-state index in [9.17, 15) is 9.18 Å². The first kappa shape index (κ1) is 23.0. The second kappa shape index (κ2) is 9.54. The summed E-state index contributed by atoms with van der Waals surface area (Å²) in [7, 11) is 1.57. The highest BCUT2D eigenvalue weighted by atomic mass is 19.1. The Kier molecular flexibility index (Phi) is 5.93. The van der Waals surface area contributed by atoms with Gasteiger partial charge in [0, 0.05) is 36.2 Å². The van der Waals surface area contributed by atoms with Gasteiger partial charge >= 0.3 is 0 Å². The fraction of sp³-hybridized carbons (Fsp3) is 0.280. The first-order chi connectivity index (χ1) is 18.1. The van der Waals surface area contributed by atoms with Crippen molar-refractivity contribution in [1.82, 2.24) is 35.3 Å². The zero-order valence-corrected chi connectivity index (χ0v) is 19.8. The predicted octanol–water partition coefficient (Wildman–Crippen LogP) is 3.28. The van der Waals surface area contributed by atoms with Crippen LogP contribution < -0.4 is 10.1 Å². The smallest absolute Gasteiger partial charge is 0.253 e. The molecule has 0 radical (unpaired) electrons. The van der Waals surface area contributed by atoms with Gasteiger partial charge in [0.25, 0.3) is 5.91 Å². The molecule has 1 fully saturated rings. The molecular formula is C25H22FN7O4. The van der Waals surface area contributed by atoms with Crippen LogP contribution in [-0.4, -0.2) is 55.2 Å². The van der Waals surface area contributed by atoms with Crippen LogP contribution in [0.4, 0.5) is 4.39 Å². The molecule has 1 amide bonds. The third-order valence-corrected chi connectivity index (χ3v) is 6.16. The number of methoxy groups -OCH3 is 1. The Labute approximate surface area is 209 Å². The van der Waals surface area contributed by atoms with E-state index in [1.165, 1.54) is 6.20 Å². The van der Waals surface area contributed by atoms with Gasteiger partial charge in [0.15, 0.2) is 17.1 Å². The molecule has 1 aliphatic rings. The Morgan fingerprint density at radius 2 is 2.00 bits per heavy atom. The lowest BCUT2D eigenvalue weighted by atomic mass is 9.90. The molecule has 1 aromatic carbocycles. The van der Waals surface area contributed by atoms with E-state index in [0.717, 1.165) is 10.8 Å². The second-order valence-electron chi connectivity index (χ2n) is 8.79. The quantitative estimate of drug-likeness (QED) is 0.339. The Hall–Kier alpha value is -4.45. The normalized spacial score (nSPS) is 17.1. The number of ether oxygens (including phenoxy) is 2. The first-order valence-electron chi connectivity index (χ1n) is 11.7. The van der Waals surface area contributed by atoms with Crippen molar-refractivity contribution in [2.75, 3.05) is 7.11 Å². The van der Waals surface area contributed by atoms with Gasteiger partial charge in [-0.3, -0.25) is 9.78 Å². The summed E-state index contributed by atoms with van der Waals surface area (Å²) >= 11 is 0. The van der Waals surface area contributed by atoms with Gasteiger partial charge in [-0.25, -0.2) is 4.39 Å². The van der Waals surface area contributed by atoms with Gasteiger partial charge in [-0.05, 0) is 31.0 Å². The molecule has 1 saturated carbocycles. The zero-order chi connectivity index (χ0) is 25.4. The molecule has 1 aliphatic carbocycles. The standard InChI is InChI=1S/C25H22FN7O4/c1-35-13-18-10-21(32-37-18)23-30-29-22-19-4-2-3-5-20(19)25(31-33(22)23)36-12-16-7-6-14(11-27-16)24(34)28-17-8-15(26)9-17/h2-7,10-11,15,17H,8-9,12-13H2,1H3,(H,28,34). The van der Waals surface area contributed by atoms with Crippen LogP contribution in [0, 0.1) is 0 Å². The molecule has 188 valence electrons. The molecule has 5 aromatic rings. The Bertz CT molecular complexity index is 1580. The number of rotatable bonds is 8. The summed E-state index contributed by atoms with van der Waals surface area (Å²) < 4.78 is 31.0. The summed E-state index contributed by atoms with van der Waals surface area (Å²) in [6, 6.07) is 12.6. The van der Waals surface area contributed by atoms with Gasteiger partial charge in [0.1, 0.15) is 19.4 Å². The Morgan fingerprint density at radius 1 is 1.16 bits per heavy atom. The van der Waals surface area contributed by atoms with Crippen LogP contribution in [0.2, 0.25) is 0 Å². The number of fused-ring (bicyclic) bond motifs is 3. The number of alkyl halides is 1. The molecule has 0 spiro atoms. The second-order valence-corrected chi connectivity index (χ2v) is 8.79. The molecular weight excluding hydrogens is 481 g/mol. The van der Waals surface area contributed by atoms with Crippen molar-refractivity contribution in [3.05, 3.63) is 65.7 Å². The van der Waals surface area contributed by atoms with Crippen molar-refractivity contribution in [2.45, 2.75) is 38.3 Å². The summed E-state index contributed by atoms with van der Waals surface area (Å²) in [6.45, 7) is 0.399. The minimum absolute atomic E-state index is 0.119. The number of hydrogen-bond donors (Lipinski definition) is 1. The van der Waals surface area contributed by atoms with E-state index in [2.05, 4.69) is 30.8 Å². The maximum absolute atomic E-state index is 13.0. The molecule has 0 atom stereocenters. The van der Waals surface area contributed by atoms with E-state index in [4.69, 9.17) is 14.0 Å². The summed E-state index contributed by atoms with van der Waals surface area (Å²) in [5, 5.41) is 21.7. The van der Waals surface area contributed by atoms with Crippen molar-refractivity contribution in [1.29, 1.82) is 0 Å². The maximum Gasteiger partial charge on any atom is 0.253 e. The van der Waals surface area contributed by atoms with Gasteiger partial charge in [-0.15, -0.1) is 15.3 Å². The van der Waals surface area contributed by atoms with Gasteiger partial charge in [0.05, 0.1) is 11.3 Å². The number of nitrogens with one attached hydrogen (secondary N) is 1. The van der Waals surface area contributed by atoms with E-state index in [0.29, 0.717) is 52.9 Å². The number of hydrogen-bond acceptors (Lipinski definition) is 9. The van der Waals surface area contributed by atoms with Crippen molar-refractivity contribution in [3.8, 4) is 17.4 Å². The van der Waals surface area contributed by atoms with E-state index in [-0.39, 0.29) is 25.2 Å². The number of pyridine rings is 1. The van der Waals surface area contributed by atoms with Crippen LogP contribution in [0.5, 0.6) is 5.88 Å². The molecule has 11 nitrogen and oxygen atoms in total. The fourth-order valence-electron chi connectivity index (χ4n) is 4.17. The third kappa shape index (κ3) is 4.47. The van der Waals surface area contributed by atoms with Gasteiger partial charge in [-0.1, -0.05) is 23.4 Å². The summed E-state index contributed by atoms with van der Waals surface area (Å²) in [5.74, 6) is 1.04. The largest absolute Gasteiger partial charge is 0.470 e. The van der Waals surface area contributed by atoms with Crippen LogP contribution in [0.1, 0.15) is 34.7 Å². The number of aromatic nitrogens is 6. The highest BCUT2D eigenvalue weighted by molar-refractivity contribution is 5.97. The summed E-state index contributed by atoms with van der Waals surface area (Å²) in [6.07, 6.45) is 1.37. The lowest BCUT2D eigenvalue weighted by Crippen LogP contribution is -2.45. The van der Waals surface area contributed by atoms with Crippen molar-refractivity contribution >= 4 is 22.3 Å². The van der Waals surface area contributed by atoms with E-state index in [1.807, 2.05) is 24.3 Å². The number of benzene rings is 1. The number of carbonyl (C=O) groups excluding carboxylic acids is 1. The maximum atomic E-state index is 13.0.